The Morgan fingerprint density at radius 3 is 2.71 bits per heavy atom. The third kappa shape index (κ3) is 1.88. The topological polar surface area (TPSA) is 42.0 Å². The SMILES string of the molecule is CC(C)(NC(=O)C1=C2C=C3CC3=C2C=C1)c1ccncc1. The lowest BCUT2D eigenvalue weighted by Crippen LogP contribution is -2.41. The molecule has 0 aromatic carbocycles. The minimum atomic E-state index is -0.425. The van der Waals surface area contributed by atoms with Crippen LogP contribution in [0.1, 0.15) is 25.8 Å². The Morgan fingerprint density at radius 1 is 1.19 bits per heavy atom. The quantitative estimate of drug-likeness (QED) is 0.922. The van der Waals surface area contributed by atoms with E-state index in [0.717, 1.165) is 23.1 Å². The highest BCUT2D eigenvalue weighted by Crippen LogP contribution is 2.51. The van der Waals surface area contributed by atoms with Gasteiger partial charge in [-0.05, 0) is 72.4 Å². The Morgan fingerprint density at radius 2 is 1.95 bits per heavy atom. The van der Waals surface area contributed by atoms with E-state index in [4.69, 9.17) is 0 Å². The van der Waals surface area contributed by atoms with Crippen LogP contribution in [0.5, 0.6) is 0 Å². The summed E-state index contributed by atoms with van der Waals surface area (Å²) in [6, 6.07) is 3.87. The first-order valence-corrected chi connectivity index (χ1v) is 7.16. The number of fused-ring (bicyclic) bond motifs is 2. The number of aromatic nitrogens is 1. The fourth-order valence-electron chi connectivity index (χ4n) is 3.03. The van der Waals surface area contributed by atoms with Crippen LogP contribution in [0, 0.1) is 0 Å². The molecule has 4 rings (SSSR count). The van der Waals surface area contributed by atoms with Crippen LogP contribution in [-0.4, -0.2) is 10.9 Å². The molecular weight excluding hydrogens is 260 g/mol. The van der Waals surface area contributed by atoms with Crippen LogP contribution < -0.4 is 5.32 Å². The maximum Gasteiger partial charge on any atom is 0.252 e. The van der Waals surface area contributed by atoms with E-state index in [1.807, 2.05) is 32.1 Å². The van der Waals surface area contributed by atoms with Crippen molar-refractivity contribution in [2.75, 3.05) is 0 Å². The molecule has 0 atom stereocenters. The van der Waals surface area contributed by atoms with Crippen molar-refractivity contribution in [1.82, 2.24) is 10.3 Å². The second kappa shape index (κ2) is 4.04. The van der Waals surface area contributed by atoms with Gasteiger partial charge in [0.15, 0.2) is 0 Å². The van der Waals surface area contributed by atoms with Crippen LogP contribution in [0.15, 0.2) is 70.6 Å². The van der Waals surface area contributed by atoms with Gasteiger partial charge in [0.2, 0.25) is 0 Å². The molecule has 21 heavy (non-hydrogen) atoms. The number of allylic oxidation sites excluding steroid dienone is 6. The van der Waals surface area contributed by atoms with Crippen molar-refractivity contribution < 1.29 is 4.79 Å². The summed E-state index contributed by atoms with van der Waals surface area (Å²) in [6.07, 6.45) is 10.7. The Balaban J connectivity index is 1.61. The van der Waals surface area contributed by atoms with E-state index in [1.54, 1.807) is 12.4 Å². The summed E-state index contributed by atoms with van der Waals surface area (Å²) >= 11 is 0. The molecule has 1 amide bonds. The zero-order valence-corrected chi connectivity index (χ0v) is 12.1. The Labute approximate surface area is 123 Å². The van der Waals surface area contributed by atoms with Crippen LogP contribution in [0.25, 0.3) is 0 Å². The van der Waals surface area contributed by atoms with Crippen LogP contribution in [0.4, 0.5) is 0 Å². The summed E-state index contributed by atoms with van der Waals surface area (Å²) in [5.74, 6) is -0.0168. The molecule has 0 unspecified atom stereocenters. The molecule has 1 aromatic heterocycles. The summed E-state index contributed by atoms with van der Waals surface area (Å²) in [7, 11) is 0. The predicted molar refractivity (Wildman–Crippen MR) is 81.3 cm³/mol. The summed E-state index contributed by atoms with van der Waals surface area (Å²) in [5, 5.41) is 3.13. The summed E-state index contributed by atoms with van der Waals surface area (Å²) < 4.78 is 0. The van der Waals surface area contributed by atoms with Gasteiger partial charge in [-0.25, -0.2) is 0 Å². The number of hydrogen-bond donors (Lipinski definition) is 1. The van der Waals surface area contributed by atoms with Gasteiger partial charge in [-0.1, -0.05) is 6.08 Å². The van der Waals surface area contributed by atoms with Crippen molar-refractivity contribution in [2.45, 2.75) is 25.8 Å². The monoisotopic (exact) mass is 276 g/mol. The van der Waals surface area contributed by atoms with Gasteiger partial charge in [0.1, 0.15) is 0 Å². The number of carbonyl (C=O) groups excluding carboxylic acids is 1. The highest BCUT2D eigenvalue weighted by atomic mass is 16.1. The van der Waals surface area contributed by atoms with E-state index in [0.29, 0.717) is 0 Å². The molecule has 3 aliphatic rings. The number of nitrogens with one attached hydrogen (secondary N) is 1. The van der Waals surface area contributed by atoms with E-state index in [2.05, 4.69) is 22.5 Å². The van der Waals surface area contributed by atoms with E-state index in [1.165, 1.54) is 16.7 Å². The number of carbonyl (C=O) groups is 1. The van der Waals surface area contributed by atoms with Gasteiger partial charge in [0.05, 0.1) is 5.54 Å². The predicted octanol–water partition coefficient (Wildman–Crippen LogP) is 2.94. The van der Waals surface area contributed by atoms with E-state index in [9.17, 15) is 4.79 Å². The van der Waals surface area contributed by atoms with Gasteiger partial charge in [0, 0.05) is 18.0 Å². The second-order valence-corrected chi connectivity index (χ2v) is 6.21. The van der Waals surface area contributed by atoms with E-state index >= 15 is 0 Å². The zero-order chi connectivity index (χ0) is 14.6. The maximum atomic E-state index is 12.6. The molecule has 0 spiro atoms. The minimum absolute atomic E-state index is 0.0168. The van der Waals surface area contributed by atoms with Crippen LogP contribution >= 0.6 is 0 Å². The zero-order valence-electron chi connectivity index (χ0n) is 12.1. The summed E-state index contributed by atoms with van der Waals surface area (Å²) in [5.41, 5.74) is 6.54. The Bertz CT molecular complexity index is 777. The highest BCUT2D eigenvalue weighted by molar-refractivity contribution is 6.02. The lowest BCUT2D eigenvalue weighted by Gasteiger charge is -2.27. The lowest BCUT2D eigenvalue weighted by molar-refractivity contribution is -0.118. The molecule has 0 saturated heterocycles. The molecule has 1 saturated carbocycles. The molecule has 0 aliphatic heterocycles. The average Bonchev–Trinajstić information content (AvgIpc) is 2.94. The van der Waals surface area contributed by atoms with Crippen molar-refractivity contribution in [3.63, 3.8) is 0 Å². The molecule has 3 nitrogen and oxygen atoms in total. The van der Waals surface area contributed by atoms with Crippen molar-refractivity contribution in [3.8, 4) is 0 Å². The van der Waals surface area contributed by atoms with Crippen LogP contribution in [0.3, 0.4) is 0 Å². The Kier molecular flexibility index (Phi) is 2.37. The normalized spacial score (nSPS) is 18.7. The molecule has 104 valence electrons. The van der Waals surface area contributed by atoms with Crippen LogP contribution in [-0.2, 0) is 10.3 Å². The lowest BCUT2D eigenvalue weighted by atomic mass is 9.94. The molecule has 0 radical (unpaired) electrons. The number of amides is 1. The van der Waals surface area contributed by atoms with Crippen LogP contribution in [0.2, 0.25) is 0 Å². The number of pyridine rings is 1. The van der Waals surface area contributed by atoms with Crippen molar-refractivity contribution in [3.05, 3.63) is 76.2 Å². The van der Waals surface area contributed by atoms with Gasteiger partial charge < -0.3 is 5.32 Å². The largest absolute Gasteiger partial charge is 0.343 e. The molecule has 1 fully saturated rings. The van der Waals surface area contributed by atoms with Crippen molar-refractivity contribution in [1.29, 1.82) is 0 Å². The van der Waals surface area contributed by atoms with Gasteiger partial charge in [-0.3, -0.25) is 9.78 Å². The molecule has 3 heteroatoms. The average molecular weight is 276 g/mol. The third-order valence-electron chi connectivity index (χ3n) is 4.34. The molecule has 3 aliphatic carbocycles. The highest BCUT2D eigenvalue weighted by Gasteiger charge is 2.36. The first-order valence-electron chi connectivity index (χ1n) is 7.16. The standard InChI is InChI=1S/C18H16N2O/c1-18(2,12-5-7-19-8-6-12)20-17(21)14-4-3-13-15-9-11(15)10-16(13)14/h3-8,10H,9H2,1-2H3,(H,20,21). The molecule has 1 N–H and O–H groups in total. The van der Waals surface area contributed by atoms with E-state index < -0.39 is 5.54 Å². The second-order valence-electron chi connectivity index (χ2n) is 6.21. The van der Waals surface area contributed by atoms with Gasteiger partial charge in [0.25, 0.3) is 5.91 Å². The van der Waals surface area contributed by atoms with Crippen molar-refractivity contribution in [2.24, 2.45) is 0 Å². The number of rotatable bonds is 3. The third-order valence-corrected chi connectivity index (χ3v) is 4.34. The number of nitrogens with zero attached hydrogens (tertiary/aromatic N) is 1. The van der Waals surface area contributed by atoms with Gasteiger partial charge >= 0.3 is 0 Å². The molecule has 1 aromatic rings. The smallest absolute Gasteiger partial charge is 0.252 e. The van der Waals surface area contributed by atoms with Gasteiger partial charge in [-0.2, -0.15) is 0 Å². The van der Waals surface area contributed by atoms with Gasteiger partial charge in [-0.15, -0.1) is 0 Å². The number of hydrogen-bond acceptors (Lipinski definition) is 2. The fraction of sp³-hybridized carbons (Fsp3) is 0.222. The fourth-order valence-corrected chi connectivity index (χ4v) is 3.03. The van der Waals surface area contributed by atoms with E-state index in [-0.39, 0.29) is 5.91 Å². The first-order chi connectivity index (χ1) is 10.1. The maximum absolute atomic E-state index is 12.6. The molecular formula is C18H16N2O. The van der Waals surface area contributed by atoms with Crippen molar-refractivity contribution >= 4 is 5.91 Å². The summed E-state index contributed by atoms with van der Waals surface area (Å²) in [4.78, 5) is 16.6. The molecule has 0 bridgehead atoms. The summed E-state index contributed by atoms with van der Waals surface area (Å²) in [6.45, 7) is 4.02. The Hall–Kier alpha value is -2.42. The molecule has 1 heterocycles. The minimum Gasteiger partial charge on any atom is -0.343 e. The first kappa shape index (κ1) is 12.3.